The van der Waals surface area contributed by atoms with Crippen LogP contribution in [-0.2, 0) is 4.79 Å². The molecule has 0 radical (unpaired) electrons. The van der Waals surface area contributed by atoms with E-state index in [-0.39, 0.29) is 22.6 Å². The fourth-order valence-electron chi connectivity index (χ4n) is 3.22. The van der Waals surface area contributed by atoms with Gasteiger partial charge in [-0.05, 0) is 38.0 Å². The van der Waals surface area contributed by atoms with Crippen molar-refractivity contribution in [3.05, 3.63) is 0 Å². The smallest absolute Gasteiger partial charge is 0.140 e. The summed E-state index contributed by atoms with van der Waals surface area (Å²) in [6.45, 7) is 2.28. The number of rotatable bonds is 2. The van der Waals surface area contributed by atoms with Crippen LogP contribution in [0.4, 0.5) is 0 Å². The molecule has 0 saturated heterocycles. The molecule has 0 N–H and O–H groups in total. The van der Waals surface area contributed by atoms with Gasteiger partial charge in [-0.2, -0.15) is 0 Å². The van der Waals surface area contributed by atoms with Crippen LogP contribution in [0.15, 0.2) is 0 Å². The van der Waals surface area contributed by atoms with Crippen LogP contribution in [0.25, 0.3) is 0 Å². The van der Waals surface area contributed by atoms with Crippen LogP contribution in [0.2, 0.25) is 0 Å². The first-order valence-corrected chi connectivity index (χ1v) is 7.77. The molecule has 2 fully saturated rings. The number of hydrogen-bond acceptors (Lipinski definition) is 1. The summed E-state index contributed by atoms with van der Waals surface area (Å²) in [5.74, 6) is 1.48. The maximum absolute atomic E-state index is 12.5. The fraction of sp³-hybridized carbons (Fsp3) is 0.929. The van der Waals surface area contributed by atoms with Gasteiger partial charge in [-0.25, -0.2) is 0 Å². The van der Waals surface area contributed by atoms with Crippen molar-refractivity contribution in [3.63, 3.8) is 0 Å². The highest BCUT2D eigenvalue weighted by atomic mass is 35.5. The van der Waals surface area contributed by atoms with Crippen LogP contribution in [0.1, 0.15) is 51.9 Å². The van der Waals surface area contributed by atoms with Gasteiger partial charge in [0.25, 0.3) is 0 Å². The highest BCUT2D eigenvalue weighted by Gasteiger charge is 2.37. The number of carbonyl (C=O) groups is 1. The third-order valence-corrected chi connectivity index (χ3v) is 5.40. The molecule has 0 spiro atoms. The van der Waals surface area contributed by atoms with Crippen molar-refractivity contribution in [2.45, 2.75) is 62.6 Å². The second-order valence-electron chi connectivity index (χ2n) is 5.89. The standard InChI is InChI=1S/C14H22Cl2O/c1-9-2-4-10(5-3-9)14(17)12-8-11(15)6-7-13(12)16/h9-13H,2-8H2,1H3. The average molecular weight is 277 g/mol. The molecule has 98 valence electrons. The van der Waals surface area contributed by atoms with Crippen LogP contribution in [-0.4, -0.2) is 16.5 Å². The molecule has 2 aliphatic rings. The lowest BCUT2D eigenvalue weighted by Gasteiger charge is -2.33. The molecule has 0 aliphatic heterocycles. The molecular weight excluding hydrogens is 255 g/mol. The molecule has 0 aromatic carbocycles. The zero-order valence-electron chi connectivity index (χ0n) is 10.5. The predicted molar refractivity (Wildman–Crippen MR) is 72.8 cm³/mol. The first kappa shape index (κ1) is 13.7. The van der Waals surface area contributed by atoms with Crippen molar-refractivity contribution in [1.82, 2.24) is 0 Å². The lowest BCUT2D eigenvalue weighted by Crippen LogP contribution is -2.37. The van der Waals surface area contributed by atoms with Gasteiger partial charge in [0.1, 0.15) is 5.78 Å². The topological polar surface area (TPSA) is 17.1 Å². The van der Waals surface area contributed by atoms with Crippen molar-refractivity contribution in [2.75, 3.05) is 0 Å². The summed E-state index contributed by atoms with van der Waals surface area (Å²) in [5.41, 5.74) is 0. The first-order chi connectivity index (χ1) is 8.08. The van der Waals surface area contributed by atoms with Crippen molar-refractivity contribution >= 4 is 29.0 Å². The van der Waals surface area contributed by atoms with Gasteiger partial charge < -0.3 is 0 Å². The van der Waals surface area contributed by atoms with Gasteiger partial charge in [-0.15, -0.1) is 23.2 Å². The van der Waals surface area contributed by atoms with Crippen molar-refractivity contribution < 1.29 is 4.79 Å². The van der Waals surface area contributed by atoms with Crippen molar-refractivity contribution in [2.24, 2.45) is 17.8 Å². The van der Waals surface area contributed by atoms with Crippen molar-refractivity contribution in [3.8, 4) is 0 Å². The number of halogens is 2. The Morgan fingerprint density at radius 2 is 1.65 bits per heavy atom. The third-order valence-electron chi connectivity index (χ3n) is 4.49. The summed E-state index contributed by atoms with van der Waals surface area (Å²) >= 11 is 12.5. The summed E-state index contributed by atoms with van der Waals surface area (Å²) in [6.07, 6.45) is 7.16. The molecule has 0 bridgehead atoms. The minimum Gasteiger partial charge on any atom is -0.299 e. The summed E-state index contributed by atoms with van der Waals surface area (Å²) in [4.78, 5) is 12.5. The first-order valence-electron chi connectivity index (χ1n) is 6.89. The number of Topliss-reactive ketones (excluding diaryl/α,β-unsaturated/α-hetero) is 1. The lowest BCUT2D eigenvalue weighted by atomic mass is 9.74. The van der Waals surface area contributed by atoms with E-state index in [2.05, 4.69) is 6.92 Å². The van der Waals surface area contributed by atoms with Gasteiger partial charge >= 0.3 is 0 Å². The largest absolute Gasteiger partial charge is 0.299 e. The predicted octanol–water partition coefficient (Wildman–Crippen LogP) is 4.40. The van der Waals surface area contributed by atoms with Crippen LogP contribution in [0, 0.1) is 17.8 Å². The molecule has 0 aromatic rings. The average Bonchev–Trinajstić information content (AvgIpc) is 2.32. The molecule has 3 heteroatoms. The molecule has 0 heterocycles. The van der Waals surface area contributed by atoms with Crippen LogP contribution in [0.3, 0.4) is 0 Å². The Bertz CT molecular complexity index is 271. The number of ketones is 1. The molecule has 0 amide bonds. The molecule has 3 atom stereocenters. The molecule has 2 rings (SSSR count). The Kier molecular flexibility index (Phi) is 4.77. The van der Waals surface area contributed by atoms with Gasteiger partial charge in [0.2, 0.25) is 0 Å². The SMILES string of the molecule is CC1CCC(C(=O)C2CC(Cl)CCC2Cl)CC1. The normalized spacial score (nSPS) is 43.4. The Labute approximate surface area is 114 Å². The number of carbonyl (C=O) groups excluding carboxylic acids is 1. The Hall–Kier alpha value is 0.250. The maximum Gasteiger partial charge on any atom is 0.140 e. The molecular formula is C14H22Cl2O. The summed E-state index contributed by atoms with van der Waals surface area (Å²) in [6, 6.07) is 0. The van der Waals surface area contributed by atoms with E-state index >= 15 is 0 Å². The van der Waals surface area contributed by atoms with E-state index in [4.69, 9.17) is 23.2 Å². The number of hydrogen-bond donors (Lipinski definition) is 0. The van der Waals surface area contributed by atoms with Crippen molar-refractivity contribution in [1.29, 1.82) is 0 Å². The van der Waals surface area contributed by atoms with E-state index < -0.39 is 0 Å². The second-order valence-corrected chi connectivity index (χ2v) is 7.07. The molecule has 2 saturated carbocycles. The highest BCUT2D eigenvalue weighted by Crippen LogP contribution is 2.37. The summed E-state index contributed by atoms with van der Waals surface area (Å²) in [7, 11) is 0. The van der Waals surface area contributed by atoms with Gasteiger partial charge in [-0.3, -0.25) is 4.79 Å². The Balaban J connectivity index is 1.94. The third kappa shape index (κ3) is 3.38. The Morgan fingerprint density at radius 1 is 1.00 bits per heavy atom. The Morgan fingerprint density at radius 3 is 2.29 bits per heavy atom. The molecule has 17 heavy (non-hydrogen) atoms. The zero-order valence-corrected chi connectivity index (χ0v) is 12.0. The summed E-state index contributed by atoms with van der Waals surface area (Å²) in [5, 5.41) is 0.179. The van der Waals surface area contributed by atoms with Gasteiger partial charge in [-0.1, -0.05) is 19.8 Å². The summed E-state index contributed by atoms with van der Waals surface area (Å²) < 4.78 is 0. The molecule has 0 aromatic heterocycles. The molecule has 2 aliphatic carbocycles. The van der Waals surface area contributed by atoms with E-state index in [0.29, 0.717) is 5.78 Å². The van der Waals surface area contributed by atoms with E-state index in [1.807, 2.05) is 0 Å². The van der Waals surface area contributed by atoms with Crippen LogP contribution >= 0.6 is 23.2 Å². The second kappa shape index (κ2) is 5.93. The molecule has 3 unspecified atom stereocenters. The maximum atomic E-state index is 12.5. The van der Waals surface area contributed by atoms with Gasteiger partial charge in [0.15, 0.2) is 0 Å². The van der Waals surface area contributed by atoms with E-state index in [1.54, 1.807) is 0 Å². The highest BCUT2D eigenvalue weighted by molar-refractivity contribution is 6.24. The van der Waals surface area contributed by atoms with Gasteiger partial charge in [0.05, 0.1) is 0 Å². The van der Waals surface area contributed by atoms with Crippen LogP contribution in [0.5, 0.6) is 0 Å². The molecule has 1 nitrogen and oxygen atoms in total. The monoisotopic (exact) mass is 276 g/mol. The fourth-order valence-corrected chi connectivity index (χ4v) is 3.90. The van der Waals surface area contributed by atoms with E-state index in [9.17, 15) is 4.79 Å². The van der Waals surface area contributed by atoms with Crippen LogP contribution < -0.4 is 0 Å². The van der Waals surface area contributed by atoms with E-state index in [1.165, 1.54) is 12.8 Å². The quantitative estimate of drug-likeness (QED) is 0.684. The minimum atomic E-state index is 0.0197. The van der Waals surface area contributed by atoms with Gasteiger partial charge in [0, 0.05) is 22.6 Å². The number of alkyl halides is 2. The lowest BCUT2D eigenvalue weighted by molar-refractivity contribution is -0.128. The van der Waals surface area contributed by atoms with E-state index in [0.717, 1.165) is 38.0 Å². The zero-order chi connectivity index (χ0) is 12.4. The minimum absolute atomic E-state index is 0.0197.